The Morgan fingerprint density at radius 2 is 2.11 bits per heavy atom. The first kappa shape index (κ1) is 14.9. The molecule has 0 bridgehead atoms. The largest absolute Gasteiger partial charge is 0.326 e. The topological polar surface area (TPSA) is 33.5 Å². The number of benzene rings is 1. The Morgan fingerprint density at radius 1 is 1.44 bits per heavy atom. The highest BCUT2D eigenvalue weighted by molar-refractivity contribution is 9.10. The standard InChI is InChI=1S/C14H19BrN2O/c1-10(2)8-17(4)9-14(18)16-13-6-5-12(15)7-11(13)3/h5-7H,1,8-9H2,2-4H3,(H,16,18)/p+1. The molecule has 1 aromatic rings. The average molecular weight is 312 g/mol. The lowest BCUT2D eigenvalue weighted by Gasteiger charge is -2.14. The molecule has 3 nitrogen and oxygen atoms in total. The molecule has 18 heavy (non-hydrogen) atoms. The van der Waals surface area contributed by atoms with Gasteiger partial charge in [0.2, 0.25) is 0 Å². The number of anilines is 1. The van der Waals surface area contributed by atoms with Crippen LogP contribution in [0, 0.1) is 6.92 Å². The third-order valence-electron chi connectivity index (χ3n) is 2.53. The third kappa shape index (κ3) is 5.02. The van der Waals surface area contributed by atoms with Crippen LogP contribution in [0.4, 0.5) is 5.69 Å². The van der Waals surface area contributed by atoms with Gasteiger partial charge >= 0.3 is 0 Å². The van der Waals surface area contributed by atoms with Crippen molar-refractivity contribution in [2.24, 2.45) is 0 Å². The van der Waals surface area contributed by atoms with Crippen molar-refractivity contribution in [3.63, 3.8) is 0 Å². The predicted octanol–water partition coefficient (Wildman–Crippen LogP) is 1.79. The molecule has 1 amide bonds. The molecule has 0 saturated carbocycles. The van der Waals surface area contributed by atoms with Crippen LogP contribution >= 0.6 is 15.9 Å². The van der Waals surface area contributed by atoms with Crippen molar-refractivity contribution in [1.29, 1.82) is 0 Å². The zero-order valence-electron chi connectivity index (χ0n) is 11.1. The lowest BCUT2D eigenvalue weighted by atomic mass is 10.2. The molecule has 1 atom stereocenters. The number of carbonyl (C=O) groups excluding carboxylic acids is 1. The molecule has 1 rings (SSSR count). The normalized spacial score (nSPS) is 12.0. The fourth-order valence-electron chi connectivity index (χ4n) is 1.81. The van der Waals surface area contributed by atoms with E-state index in [-0.39, 0.29) is 5.91 Å². The molecule has 0 heterocycles. The number of rotatable bonds is 5. The van der Waals surface area contributed by atoms with Crippen molar-refractivity contribution >= 4 is 27.5 Å². The van der Waals surface area contributed by atoms with E-state index in [1.807, 2.05) is 39.1 Å². The summed E-state index contributed by atoms with van der Waals surface area (Å²) >= 11 is 3.40. The number of carbonyl (C=O) groups is 1. The molecular weight excluding hydrogens is 292 g/mol. The third-order valence-corrected chi connectivity index (χ3v) is 3.02. The molecule has 0 aliphatic carbocycles. The zero-order chi connectivity index (χ0) is 13.7. The highest BCUT2D eigenvalue weighted by atomic mass is 79.9. The minimum Gasteiger partial charge on any atom is -0.326 e. The Morgan fingerprint density at radius 3 is 2.67 bits per heavy atom. The van der Waals surface area contributed by atoms with E-state index >= 15 is 0 Å². The molecule has 0 aromatic heterocycles. The van der Waals surface area contributed by atoms with Crippen molar-refractivity contribution in [2.45, 2.75) is 13.8 Å². The Balaban J connectivity index is 2.56. The second kappa shape index (κ2) is 6.71. The molecule has 0 aliphatic rings. The van der Waals surface area contributed by atoms with Gasteiger partial charge in [-0.3, -0.25) is 4.79 Å². The molecule has 0 radical (unpaired) electrons. The van der Waals surface area contributed by atoms with Crippen LogP contribution in [0.15, 0.2) is 34.8 Å². The molecule has 0 fully saturated rings. The second-order valence-electron chi connectivity index (χ2n) is 4.78. The van der Waals surface area contributed by atoms with Gasteiger partial charge in [0.15, 0.2) is 6.54 Å². The fraction of sp³-hybridized carbons (Fsp3) is 0.357. The van der Waals surface area contributed by atoms with Gasteiger partial charge in [-0.25, -0.2) is 0 Å². The van der Waals surface area contributed by atoms with Crippen LogP contribution in [0.25, 0.3) is 0 Å². The van der Waals surface area contributed by atoms with Crippen LogP contribution < -0.4 is 10.2 Å². The van der Waals surface area contributed by atoms with E-state index in [0.717, 1.165) is 32.7 Å². The number of amides is 1. The van der Waals surface area contributed by atoms with Gasteiger partial charge in [0.05, 0.1) is 13.6 Å². The first-order valence-corrected chi connectivity index (χ1v) is 6.69. The Bertz CT molecular complexity index is 457. The van der Waals surface area contributed by atoms with Gasteiger partial charge in [0.1, 0.15) is 0 Å². The highest BCUT2D eigenvalue weighted by Crippen LogP contribution is 2.19. The summed E-state index contributed by atoms with van der Waals surface area (Å²) in [7, 11) is 1.99. The summed E-state index contributed by atoms with van der Waals surface area (Å²) in [6.45, 7) is 9.06. The van der Waals surface area contributed by atoms with Gasteiger partial charge in [-0.05, 0) is 43.2 Å². The molecule has 2 N–H and O–H groups in total. The maximum absolute atomic E-state index is 11.9. The van der Waals surface area contributed by atoms with Gasteiger partial charge in [-0.1, -0.05) is 22.5 Å². The van der Waals surface area contributed by atoms with Crippen molar-refractivity contribution in [1.82, 2.24) is 0 Å². The Labute approximate surface area is 117 Å². The maximum Gasteiger partial charge on any atom is 0.279 e. The summed E-state index contributed by atoms with van der Waals surface area (Å²) < 4.78 is 1.02. The molecule has 0 saturated heterocycles. The second-order valence-corrected chi connectivity index (χ2v) is 5.69. The first-order valence-electron chi connectivity index (χ1n) is 5.90. The molecule has 98 valence electrons. The predicted molar refractivity (Wildman–Crippen MR) is 78.9 cm³/mol. The number of hydrogen-bond donors (Lipinski definition) is 2. The fourth-order valence-corrected chi connectivity index (χ4v) is 2.29. The minimum atomic E-state index is 0.0270. The summed E-state index contributed by atoms with van der Waals surface area (Å²) in [6, 6.07) is 5.82. The Kier molecular flexibility index (Phi) is 5.56. The van der Waals surface area contributed by atoms with Crippen LogP contribution in [-0.4, -0.2) is 26.0 Å². The molecule has 1 unspecified atom stereocenters. The van der Waals surface area contributed by atoms with Crippen molar-refractivity contribution in [3.05, 3.63) is 40.4 Å². The number of likely N-dealkylation sites (N-methyl/N-ethyl adjacent to an activating group) is 1. The van der Waals surface area contributed by atoms with Gasteiger partial charge in [-0.15, -0.1) is 0 Å². The van der Waals surface area contributed by atoms with Gasteiger partial charge in [0, 0.05) is 10.2 Å². The highest BCUT2D eigenvalue weighted by Gasteiger charge is 2.11. The number of aryl methyl sites for hydroxylation is 1. The van der Waals surface area contributed by atoms with Gasteiger partial charge < -0.3 is 10.2 Å². The van der Waals surface area contributed by atoms with Crippen LogP contribution in [-0.2, 0) is 4.79 Å². The zero-order valence-corrected chi connectivity index (χ0v) is 12.7. The summed E-state index contributed by atoms with van der Waals surface area (Å²) in [5.74, 6) is 0.0270. The molecule has 4 heteroatoms. The summed E-state index contributed by atoms with van der Waals surface area (Å²) in [6.07, 6.45) is 0. The van der Waals surface area contributed by atoms with E-state index in [1.54, 1.807) is 0 Å². The van der Waals surface area contributed by atoms with E-state index in [0.29, 0.717) is 6.54 Å². The van der Waals surface area contributed by atoms with Crippen molar-refractivity contribution < 1.29 is 9.69 Å². The van der Waals surface area contributed by atoms with Crippen LogP contribution in [0.5, 0.6) is 0 Å². The van der Waals surface area contributed by atoms with E-state index in [9.17, 15) is 4.79 Å². The lowest BCUT2D eigenvalue weighted by molar-refractivity contribution is -0.865. The van der Waals surface area contributed by atoms with Crippen LogP contribution in [0.2, 0.25) is 0 Å². The number of nitrogens with one attached hydrogen (secondary N) is 2. The summed E-state index contributed by atoms with van der Waals surface area (Å²) in [5.41, 5.74) is 3.00. The van der Waals surface area contributed by atoms with E-state index in [2.05, 4.69) is 27.8 Å². The number of hydrogen-bond acceptors (Lipinski definition) is 1. The first-order chi connectivity index (χ1) is 8.38. The minimum absolute atomic E-state index is 0.0270. The van der Waals surface area contributed by atoms with Crippen molar-refractivity contribution in [3.8, 4) is 0 Å². The molecule has 0 spiro atoms. The van der Waals surface area contributed by atoms with E-state index in [4.69, 9.17) is 0 Å². The number of halogens is 1. The van der Waals surface area contributed by atoms with Gasteiger partial charge in [-0.2, -0.15) is 0 Å². The van der Waals surface area contributed by atoms with Crippen LogP contribution in [0.1, 0.15) is 12.5 Å². The lowest BCUT2D eigenvalue weighted by Crippen LogP contribution is -3.10. The maximum atomic E-state index is 11.9. The monoisotopic (exact) mass is 311 g/mol. The number of quaternary nitrogens is 1. The summed E-state index contributed by atoms with van der Waals surface area (Å²) in [5, 5.41) is 2.93. The molecular formula is C14H20BrN2O+. The quantitative estimate of drug-likeness (QED) is 0.799. The van der Waals surface area contributed by atoms with Gasteiger partial charge in [0.25, 0.3) is 5.91 Å². The molecule has 0 aliphatic heterocycles. The van der Waals surface area contributed by atoms with Crippen LogP contribution in [0.3, 0.4) is 0 Å². The molecule has 1 aromatic carbocycles. The summed E-state index contributed by atoms with van der Waals surface area (Å²) in [4.78, 5) is 13.0. The van der Waals surface area contributed by atoms with E-state index < -0.39 is 0 Å². The average Bonchev–Trinajstić information content (AvgIpc) is 2.20. The van der Waals surface area contributed by atoms with E-state index in [1.165, 1.54) is 0 Å². The van der Waals surface area contributed by atoms with Crippen molar-refractivity contribution in [2.75, 3.05) is 25.5 Å². The Hall–Kier alpha value is -1.13. The smallest absolute Gasteiger partial charge is 0.279 e. The SMILES string of the molecule is C=C(C)C[NH+](C)CC(=O)Nc1ccc(Br)cc1C.